The first kappa shape index (κ1) is 11.8. The molecule has 0 radical (unpaired) electrons. The molecule has 0 amide bonds. The number of hydrogen-bond acceptors (Lipinski definition) is 6. The van der Waals surface area contributed by atoms with E-state index in [0.29, 0.717) is 24.9 Å². The number of aromatic nitrogens is 2. The summed E-state index contributed by atoms with van der Waals surface area (Å²) < 4.78 is 16.1. The first-order chi connectivity index (χ1) is 8.92. The monoisotopic (exact) mass is 266 g/mol. The molecule has 3 heterocycles. The molecular formula is C12H14N2O3S. The molecular weight excluding hydrogens is 252 g/mol. The fourth-order valence-electron chi connectivity index (χ4n) is 1.88. The predicted octanol–water partition coefficient (Wildman–Crippen LogP) is 2.49. The quantitative estimate of drug-likeness (QED) is 0.832. The summed E-state index contributed by atoms with van der Waals surface area (Å²) in [6.45, 7) is 1.78. The normalized spacial score (nSPS) is 19.4. The van der Waals surface area contributed by atoms with Crippen molar-refractivity contribution in [1.82, 2.24) is 10.1 Å². The zero-order valence-corrected chi connectivity index (χ0v) is 10.7. The minimum absolute atomic E-state index is 0.226. The first-order valence-corrected chi connectivity index (χ1v) is 6.90. The molecule has 1 aliphatic rings. The smallest absolute Gasteiger partial charge is 0.252 e. The predicted molar refractivity (Wildman–Crippen MR) is 66.2 cm³/mol. The molecule has 1 atom stereocenters. The van der Waals surface area contributed by atoms with Gasteiger partial charge in [-0.25, -0.2) is 0 Å². The van der Waals surface area contributed by atoms with E-state index < -0.39 is 0 Å². The van der Waals surface area contributed by atoms with Gasteiger partial charge in [-0.3, -0.25) is 0 Å². The van der Waals surface area contributed by atoms with Crippen LogP contribution < -0.4 is 0 Å². The Hall–Kier alpha value is -1.24. The Kier molecular flexibility index (Phi) is 3.68. The van der Waals surface area contributed by atoms with Gasteiger partial charge in [0.1, 0.15) is 6.61 Å². The molecule has 2 aromatic heterocycles. The van der Waals surface area contributed by atoms with Gasteiger partial charge in [0.2, 0.25) is 5.82 Å². The highest BCUT2D eigenvalue weighted by molar-refractivity contribution is 7.08. The fourth-order valence-corrected chi connectivity index (χ4v) is 2.51. The SMILES string of the molecule is c1cc(-c2noc(COC[C@@H]3CCCO3)n2)cs1. The second-order valence-corrected chi connectivity index (χ2v) is 4.95. The number of hydrogen-bond donors (Lipinski definition) is 0. The Morgan fingerprint density at radius 3 is 3.28 bits per heavy atom. The standard InChI is InChI=1S/C12H14N2O3S/c1-2-10(16-4-1)6-15-7-11-13-12(14-17-11)9-3-5-18-8-9/h3,5,8,10H,1-2,4,6-7H2/t10-/m0/s1. The van der Waals surface area contributed by atoms with Gasteiger partial charge in [-0.15, -0.1) is 0 Å². The van der Waals surface area contributed by atoms with Crippen LogP contribution in [0, 0.1) is 0 Å². The summed E-state index contributed by atoms with van der Waals surface area (Å²) in [6, 6.07) is 1.96. The van der Waals surface area contributed by atoms with Gasteiger partial charge in [0.25, 0.3) is 5.89 Å². The first-order valence-electron chi connectivity index (χ1n) is 5.96. The van der Waals surface area contributed by atoms with E-state index in [2.05, 4.69) is 10.1 Å². The Labute approximate surface area is 109 Å². The van der Waals surface area contributed by atoms with Crippen molar-refractivity contribution in [2.75, 3.05) is 13.2 Å². The van der Waals surface area contributed by atoms with Crippen molar-refractivity contribution in [1.29, 1.82) is 0 Å². The molecule has 3 rings (SSSR count). The molecule has 1 saturated heterocycles. The van der Waals surface area contributed by atoms with Crippen LogP contribution in [0.1, 0.15) is 18.7 Å². The number of rotatable bonds is 5. The van der Waals surface area contributed by atoms with Gasteiger partial charge in [0.15, 0.2) is 0 Å². The van der Waals surface area contributed by atoms with Crippen LogP contribution in [0.5, 0.6) is 0 Å². The Balaban J connectivity index is 1.51. The van der Waals surface area contributed by atoms with Crippen molar-refractivity contribution < 1.29 is 14.0 Å². The van der Waals surface area contributed by atoms with Gasteiger partial charge in [-0.1, -0.05) is 5.16 Å². The van der Waals surface area contributed by atoms with Crippen molar-refractivity contribution in [2.24, 2.45) is 0 Å². The van der Waals surface area contributed by atoms with E-state index in [1.807, 2.05) is 16.8 Å². The maximum Gasteiger partial charge on any atom is 0.252 e. The molecule has 0 spiro atoms. The van der Waals surface area contributed by atoms with Crippen LogP contribution >= 0.6 is 11.3 Å². The van der Waals surface area contributed by atoms with E-state index in [4.69, 9.17) is 14.0 Å². The van der Waals surface area contributed by atoms with Crippen molar-refractivity contribution >= 4 is 11.3 Å². The molecule has 5 nitrogen and oxygen atoms in total. The lowest BCUT2D eigenvalue weighted by atomic mass is 10.2. The lowest BCUT2D eigenvalue weighted by molar-refractivity contribution is 0.00325. The van der Waals surface area contributed by atoms with Crippen molar-refractivity contribution in [3.63, 3.8) is 0 Å². The Morgan fingerprint density at radius 1 is 1.50 bits per heavy atom. The van der Waals surface area contributed by atoms with E-state index in [1.165, 1.54) is 0 Å². The van der Waals surface area contributed by atoms with Gasteiger partial charge >= 0.3 is 0 Å². The maximum atomic E-state index is 5.52. The Bertz CT molecular complexity index is 477. The largest absolute Gasteiger partial charge is 0.376 e. The third-order valence-corrected chi connectivity index (χ3v) is 3.48. The second-order valence-electron chi connectivity index (χ2n) is 4.17. The average Bonchev–Trinajstić information content (AvgIpc) is 3.12. The highest BCUT2D eigenvalue weighted by atomic mass is 32.1. The number of ether oxygens (including phenoxy) is 2. The van der Waals surface area contributed by atoms with Crippen LogP contribution in [0.4, 0.5) is 0 Å². The van der Waals surface area contributed by atoms with E-state index in [1.54, 1.807) is 11.3 Å². The van der Waals surface area contributed by atoms with E-state index >= 15 is 0 Å². The van der Waals surface area contributed by atoms with Crippen LogP contribution in [0.15, 0.2) is 21.3 Å². The topological polar surface area (TPSA) is 57.4 Å². The fraction of sp³-hybridized carbons (Fsp3) is 0.500. The van der Waals surface area contributed by atoms with Gasteiger partial charge in [0.05, 0.1) is 12.7 Å². The summed E-state index contributed by atoms with van der Waals surface area (Å²) in [5, 5.41) is 7.89. The molecule has 0 aliphatic carbocycles. The van der Waals surface area contributed by atoms with Gasteiger partial charge in [0, 0.05) is 17.6 Å². The second kappa shape index (κ2) is 5.60. The van der Waals surface area contributed by atoms with Gasteiger partial charge in [-0.05, 0) is 24.3 Å². The lowest BCUT2D eigenvalue weighted by Gasteiger charge is -2.07. The molecule has 0 aromatic carbocycles. The summed E-state index contributed by atoms with van der Waals surface area (Å²) >= 11 is 1.61. The Morgan fingerprint density at radius 2 is 2.50 bits per heavy atom. The zero-order valence-electron chi connectivity index (χ0n) is 9.87. The van der Waals surface area contributed by atoms with Crippen LogP contribution in [0.3, 0.4) is 0 Å². The summed E-state index contributed by atoms with van der Waals surface area (Å²) in [5.74, 6) is 1.13. The average molecular weight is 266 g/mol. The molecule has 2 aromatic rings. The minimum atomic E-state index is 0.226. The minimum Gasteiger partial charge on any atom is -0.376 e. The molecule has 6 heteroatoms. The van der Waals surface area contributed by atoms with Crippen LogP contribution in [0.2, 0.25) is 0 Å². The van der Waals surface area contributed by atoms with Crippen molar-refractivity contribution in [3.05, 3.63) is 22.7 Å². The van der Waals surface area contributed by atoms with E-state index in [9.17, 15) is 0 Å². The molecule has 1 fully saturated rings. The third-order valence-electron chi connectivity index (χ3n) is 2.80. The summed E-state index contributed by atoms with van der Waals surface area (Å²) in [4.78, 5) is 4.28. The third kappa shape index (κ3) is 2.77. The highest BCUT2D eigenvalue weighted by Gasteiger charge is 2.16. The summed E-state index contributed by atoms with van der Waals surface area (Å²) in [7, 11) is 0. The van der Waals surface area contributed by atoms with Crippen LogP contribution in [-0.2, 0) is 16.1 Å². The van der Waals surface area contributed by atoms with E-state index in [-0.39, 0.29) is 6.10 Å². The molecule has 18 heavy (non-hydrogen) atoms. The molecule has 0 unspecified atom stereocenters. The lowest BCUT2D eigenvalue weighted by Crippen LogP contribution is -2.13. The molecule has 96 valence electrons. The van der Waals surface area contributed by atoms with Crippen molar-refractivity contribution in [3.8, 4) is 11.4 Å². The molecule has 0 bridgehead atoms. The van der Waals surface area contributed by atoms with Crippen molar-refractivity contribution in [2.45, 2.75) is 25.6 Å². The molecule has 1 aliphatic heterocycles. The van der Waals surface area contributed by atoms with E-state index in [0.717, 1.165) is 25.0 Å². The maximum absolute atomic E-state index is 5.52. The molecule has 0 N–H and O–H groups in total. The summed E-state index contributed by atoms with van der Waals surface area (Å²) in [6.07, 6.45) is 2.42. The number of nitrogens with zero attached hydrogens (tertiary/aromatic N) is 2. The zero-order chi connectivity index (χ0) is 12.2. The van der Waals surface area contributed by atoms with Gasteiger partial charge in [-0.2, -0.15) is 16.3 Å². The van der Waals surface area contributed by atoms with Crippen LogP contribution in [-0.4, -0.2) is 29.5 Å². The van der Waals surface area contributed by atoms with Crippen LogP contribution in [0.25, 0.3) is 11.4 Å². The highest BCUT2D eigenvalue weighted by Crippen LogP contribution is 2.19. The molecule has 0 saturated carbocycles. The van der Waals surface area contributed by atoms with Gasteiger partial charge < -0.3 is 14.0 Å². The number of thiophene rings is 1. The summed E-state index contributed by atoms with van der Waals surface area (Å²) in [5.41, 5.74) is 0.981.